The van der Waals surface area contributed by atoms with Gasteiger partial charge in [-0.2, -0.15) is 0 Å². The lowest BCUT2D eigenvalue weighted by Gasteiger charge is -2.32. The molecule has 11 heteroatoms. The minimum absolute atomic E-state index is 0.0352. The molecular formula is C23H20F3N3O3S2. The van der Waals surface area contributed by atoms with E-state index in [0.29, 0.717) is 29.1 Å². The lowest BCUT2D eigenvalue weighted by Crippen LogP contribution is -2.47. The van der Waals surface area contributed by atoms with Crippen LogP contribution in [0.3, 0.4) is 0 Å². The van der Waals surface area contributed by atoms with Gasteiger partial charge in [-0.05, 0) is 43.0 Å². The van der Waals surface area contributed by atoms with Gasteiger partial charge < -0.3 is 14.5 Å². The zero-order chi connectivity index (χ0) is 24.5. The van der Waals surface area contributed by atoms with Crippen LogP contribution in [0.4, 0.5) is 18.9 Å². The standard InChI is InChI=1S/C23H20F3N3O3S2/c1-27-9-11-28(12-10-27)20(30)16-7-5-15(6-8-16)13-19-21(31)29(22(33)34-19)17-3-2-4-18(14-17)32-23(24,25)26/h2-8,13-14H,9-12H2,1H3/b19-13-. The molecule has 2 amide bonds. The number of ether oxygens (including phenoxy) is 1. The van der Waals surface area contributed by atoms with Gasteiger partial charge in [0.1, 0.15) is 5.75 Å². The van der Waals surface area contributed by atoms with E-state index >= 15 is 0 Å². The fourth-order valence-electron chi connectivity index (χ4n) is 3.58. The first kappa shape index (κ1) is 24.2. The molecule has 2 aromatic carbocycles. The predicted octanol–water partition coefficient (Wildman–Crippen LogP) is 4.38. The first-order chi connectivity index (χ1) is 16.1. The molecule has 0 radical (unpaired) electrons. The fraction of sp³-hybridized carbons (Fsp3) is 0.261. The number of thiocarbonyl (C=S) groups is 1. The Balaban J connectivity index is 1.48. The number of carbonyl (C=O) groups excluding carboxylic acids is 2. The molecule has 0 spiro atoms. The summed E-state index contributed by atoms with van der Waals surface area (Å²) in [6.07, 6.45) is -3.20. The summed E-state index contributed by atoms with van der Waals surface area (Å²) >= 11 is 6.34. The number of hydrogen-bond donors (Lipinski definition) is 0. The highest BCUT2D eigenvalue weighted by Gasteiger charge is 2.35. The molecule has 2 aliphatic rings. The average Bonchev–Trinajstić information content (AvgIpc) is 3.06. The van der Waals surface area contributed by atoms with Gasteiger partial charge in [-0.3, -0.25) is 14.5 Å². The second-order valence-electron chi connectivity index (χ2n) is 7.78. The Morgan fingerprint density at radius 3 is 2.41 bits per heavy atom. The molecule has 34 heavy (non-hydrogen) atoms. The number of likely N-dealkylation sites (N-methyl/N-ethyl adjacent to an activating group) is 1. The smallest absolute Gasteiger partial charge is 0.406 e. The van der Waals surface area contributed by atoms with Crippen molar-refractivity contribution in [2.75, 3.05) is 38.1 Å². The third-order valence-electron chi connectivity index (χ3n) is 5.35. The summed E-state index contributed by atoms with van der Waals surface area (Å²) < 4.78 is 41.8. The van der Waals surface area contributed by atoms with Gasteiger partial charge in [0.15, 0.2) is 4.32 Å². The van der Waals surface area contributed by atoms with Gasteiger partial charge in [-0.1, -0.05) is 42.2 Å². The quantitative estimate of drug-likeness (QED) is 0.452. The normalized spacial score (nSPS) is 18.6. The van der Waals surface area contributed by atoms with Crippen LogP contribution < -0.4 is 9.64 Å². The molecular weight excluding hydrogens is 487 g/mol. The van der Waals surface area contributed by atoms with Gasteiger partial charge in [0.25, 0.3) is 11.8 Å². The second kappa shape index (κ2) is 9.77. The van der Waals surface area contributed by atoms with Gasteiger partial charge in [-0.15, -0.1) is 13.2 Å². The van der Waals surface area contributed by atoms with E-state index < -0.39 is 18.0 Å². The zero-order valence-electron chi connectivity index (χ0n) is 18.0. The van der Waals surface area contributed by atoms with Gasteiger partial charge in [-0.25, -0.2) is 0 Å². The van der Waals surface area contributed by atoms with E-state index in [9.17, 15) is 22.8 Å². The Kier molecular flexibility index (Phi) is 6.96. The molecule has 4 rings (SSSR count). The molecule has 178 valence electrons. The molecule has 2 aromatic rings. The first-order valence-corrected chi connectivity index (χ1v) is 11.5. The van der Waals surface area contributed by atoms with Crippen molar-refractivity contribution < 1.29 is 27.5 Å². The van der Waals surface area contributed by atoms with Crippen LogP contribution in [-0.2, 0) is 4.79 Å². The van der Waals surface area contributed by atoms with E-state index in [4.69, 9.17) is 12.2 Å². The second-order valence-corrected chi connectivity index (χ2v) is 9.46. The Bertz CT molecular complexity index is 1140. The van der Waals surface area contributed by atoms with Crippen molar-refractivity contribution in [1.82, 2.24) is 9.80 Å². The summed E-state index contributed by atoms with van der Waals surface area (Å²) in [7, 11) is 2.02. The van der Waals surface area contributed by atoms with Crippen LogP contribution >= 0.6 is 24.0 Å². The number of piperazine rings is 1. The number of anilines is 1. The molecule has 0 N–H and O–H groups in total. The van der Waals surface area contributed by atoms with Crippen LogP contribution in [0.15, 0.2) is 53.4 Å². The minimum Gasteiger partial charge on any atom is -0.406 e. The number of thioether (sulfide) groups is 1. The Morgan fingerprint density at radius 2 is 1.76 bits per heavy atom. The van der Waals surface area contributed by atoms with E-state index in [1.807, 2.05) is 11.9 Å². The minimum atomic E-state index is -4.84. The van der Waals surface area contributed by atoms with Crippen molar-refractivity contribution in [3.05, 3.63) is 64.6 Å². The largest absolute Gasteiger partial charge is 0.573 e. The van der Waals surface area contributed by atoms with Crippen LogP contribution in [-0.4, -0.2) is 65.5 Å². The van der Waals surface area contributed by atoms with Crippen LogP contribution in [0.2, 0.25) is 0 Å². The number of rotatable bonds is 4. The molecule has 0 atom stereocenters. The Morgan fingerprint density at radius 1 is 1.09 bits per heavy atom. The number of carbonyl (C=O) groups is 2. The van der Waals surface area contributed by atoms with Crippen molar-refractivity contribution in [3.8, 4) is 5.75 Å². The SMILES string of the molecule is CN1CCN(C(=O)c2ccc(/C=C3\SC(=S)N(c4cccc(OC(F)(F)F)c4)C3=O)cc2)CC1. The highest BCUT2D eigenvalue weighted by molar-refractivity contribution is 8.27. The number of amides is 2. The number of alkyl halides is 3. The van der Waals surface area contributed by atoms with Crippen molar-refractivity contribution in [2.24, 2.45) is 0 Å². The lowest BCUT2D eigenvalue weighted by molar-refractivity contribution is -0.274. The molecule has 0 unspecified atom stereocenters. The maximum Gasteiger partial charge on any atom is 0.573 e. The fourth-order valence-corrected chi connectivity index (χ4v) is 4.87. The van der Waals surface area contributed by atoms with Crippen molar-refractivity contribution in [3.63, 3.8) is 0 Å². The maximum atomic E-state index is 12.9. The van der Waals surface area contributed by atoms with Crippen LogP contribution in [0, 0.1) is 0 Å². The molecule has 0 aromatic heterocycles. The number of halogens is 3. The molecule has 0 bridgehead atoms. The topological polar surface area (TPSA) is 53.1 Å². The highest BCUT2D eigenvalue weighted by Crippen LogP contribution is 2.37. The molecule has 6 nitrogen and oxygen atoms in total. The maximum absolute atomic E-state index is 12.9. The Hall–Kier alpha value is -2.89. The summed E-state index contributed by atoms with van der Waals surface area (Å²) in [6, 6.07) is 12.0. The van der Waals surface area contributed by atoms with E-state index in [1.54, 1.807) is 30.3 Å². The molecule has 2 fully saturated rings. The van der Waals surface area contributed by atoms with Crippen molar-refractivity contribution in [2.45, 2.75) is 6.36 Å². The molecule has 0 aliphatic carbocycles. The van der Waals surface area contributed by atoms with Crippen molar-refractivity contribution in [1.29, 1.82) is 0 Å². The lowest BCUT2D eigenvalue weighted by atomic mass is 10.1. The van der Waals surface area contributed by atoms with Crippen molar-refractivity contribution >= 4 is 51.9 Å². The third kappa shape index (κ3) is 5.60. The summed E-state index contributed by atoms with van der Waals surface area (Å²) in [5, 5.41) is 0. The predicted molar refractivity (Wildman–Crippen MR) is 129 cm³/mol. The first-order valence-electron chi connectivity index (χ1n) is 10.3. The van der Waals surface area contributed by atoms with E-state index in [2.05, 4.69) is 9.64 Å². The number of benzene rings is 2. The van der Waals surface area contributed by atoms with Gasteiger partial charge in [0.2, 0.25) is 0 Å². The monoisotopic (exact) mass is 507 g/mol. The zero-order valence-corrected chi connectivity index (χ0v) is 19.7. The van der Waals surface area contributed by atoms with E-state index in [-0.39, 0.29) is 15.9 Å². The Labute approximate surface area is 203 Å². The summed E-state index contributed by atoms with van der Waals surface area (Å²) in [5.74, 6) is -0.924. The third-order valence-corrected chi connectivity index (χ3v) is 6.65. The number of hydrogen-bond acceptors (Lipinski definition) is 6. The van der Waals surface area contributed by atoms with Gasteiger partial charge in [0, 0.05) is 37.8 Å². The summed E-state index contributed by atoms with van der Waals surface area (Å²) in [4.78, 5) is 31.1. The summed E-state index contributed by atoms with van der Waals surface area (Å²) in [5.41, 5.74) is 1.45. The highest BCUT2D eigenvalue weighted by atomic mass is 32.2. The molecule has 2 aliphatic heterocycles. The van der Waals surface area contributed by atoms with Crippen LogP contribution in [0.25, 0.3) is 6.08 Å². The van der Waals surface area contributed by atoms with E-state index in [0.717, 1.165) is 37.0 Å². The molecule has 2 saturated heterocycles. The van der Waals surface area contributed by atoms with E-state index in [1.165, 1.54) is 17.0 Å². The van der Waals surface area contributed by atoms with Gasteiger partial charge in [0.05, 0.1) is 10.6 Å². The average molecular weight is 508 g/mol. The van der Waals surface area contributed by atoms with Gasteiger partial charge >= 0.3 is 6.36 Å². The van der Waals surface area contributed by atoms with Crippen LogP contribution in [0.5, 0.6) is 5.75 Å². The number of nitrogens with zero attached hydrogens (tertiary/aromatic N) is 3. The molecule has 2 heterocycles. The van der Waals surface area contributed by atoms with Crippen LogP contribution in [0.1, 0.15) is 15.9 Å². The molecule has 0 saturated carbocycles. The summed E-state index contributed by atoms with van der Waals surface area (Å²) in [6.45, 7) is 3.01.